The van der Waals surface area contributed by atoms with Gasteiger partial charge < -0.3 is 10.2 Å². The Labute approximate surface area is 157 Å². The van der Waals surface area contributed by atoms with Gasteiger partial charge in [0.15, 0.2) is 5.13 Å². The smallest absolute Gasteiger partial charge is 0.240 e. The van der Waals surface area contributed by atoms with E-state index in [4.69, 9.17) is 0 Å². The standard InChI is InChI=1S/C19H24N4O2S/c1-3-22(14(2)24)19-21-16(13-26-19)11-20-12-18(25)23-10-6-8-15-7-4-5-9-17(15)23/h4-5,7,9,13,20H,3,6,8,10-12H2,1-2H3. The number of amides is 2. The number of nitrogens with one attached hydrogen (secondary N) is 1. The molecule has 26 heavy (non-hydrogen) atoms. The number of hydrogen-bond donors (Lipinski definition) is 1. The van der Waals surface area contributed by atoms with Crippen LogP contribution < -0.4 is 15.1 Å². The number of carbonyl (C=O) groups is 2. The minimum atomic E-state index is -0.0136. The molecule has 3 rings (SSSR count). The number of fused-ring (bicyclic) bond motifs is 1. The predicted molar refractivity (Wildman–Crippen MR) is 105 cm³/mol. The van der Waals surface area contributed by atoms with Gasteiger partial charge in [-0.1, -0.05) is 18.2 Å². The highest BCUT2D eigenvalue weighted by Gasteiger charge is 2.21. The van der Waals surface area contributed by atoms with Gasteiger partial charge in [0.1, 0.15) is 0 Å². The SMILES string of the molecule is CCN(C(C)=O)c1nc(CNCC(=O)N2CCCc3ccccc32)cs1. The molecule has 1 N–H and O–H groups in total. The summed E-state index contributed by atoms with van der Waals surface area (Å²) >= 11 is 1.45. The molecule has 0 radical (unpaired) electrons. The van der Waals surface area contributed by atoms with Gasteiger partial charge in [-0.3, -0.25) is 14.5 Å². The van der Waals surface area contributed by atoms with Crippen molar-refractivity contribution in [1.29, 1.82) is 0 Å². The fourth-order valence-corrected chi connectivity index (χ4v) is 4.11. The zero-order chi connectivity index (χ0) is 18.5. The van der Waals surface area contributed by atoms with Crippen molar-refractivity contribution in [3.63, 3.8) is 0 Å². The summed E-state index contributed by atoms with van der Waals surface area (Å²) in [6.45, 7) is 5.61. The molecule has 1 aromatic carbocycles. The van der Waals surface area contributed by atoms with Gasteiger partial charge in [-0.15, -0.1) is 11.3 Å². The molecule has 0 unspecified atom stereocenters. The average molecular weight is 372 g/mol. The summed E-state index contributed by atoms with van der Waals surface area (Å²) in [5, 5.41) is 5.81. The highest BCUT2D eigenvalue weighted by molar-refractivity contribution is 7.14. The van der Waals surface area contributed by atoms with Crippen molar-refractivity contribution in [1.82, 2.24) is 10.3 Å². The van der Waals surface area contributed by atoms with E-state index in [2.05, 4.69) is 16.4 Å². The molecule has 6 nitrogen and oxygen atoms in total. The Morgan fingerprint density at radius 2 is 2.15 bits per heavy atom. The summed E-state index contributed by atoms with van der Waals surface area (Å²) in [7, 11) is 0. The number of nitrogens with zero attached hydrogens (tertiary/aromatic N) is 3. The van der Waals surface area contributed by atoms with E-state index < -0.39 is 0 Å². The summed E-state index contributed by atoms with van der Waals surface area (Å²) in [6, 6.07) is 8.10. The van der Waals surface area contributed by atoms with Gasteiger partial charge in [0, 0.05) is 37.6 Å². The average Bonchev–Trinajstić information content (AvgIpc) is 3.10. The maximum Gasteiger partial charge on any atom is 0.240 e. The van der Waals surface area contributed by atoms with E-state index in [9.17, 15) is 9.59 Å². The van der Waals surface area contributed by atoms with Crippen molar-refractivity contribution in [2.24, 2.45) is 0 Å². The number of aryl methyl sites for hydroxylation is 1. The molecule has 0 atom stereocenters. The largest absolute Gasteiger partial charge is 0.311 e. The van der Waals surface area contributed by atoms with E-state index in [0.717, 1.165) is 30.8 Å². The van der Waals surface area contributed by atoms with Crippen LogP contribution in [0.5, 0.6) is 0 Å². The summed E-state index contributed by atoms with van der Waals surface area (Å²) in [6.07, 6.45) is 2.02. The number of hydrogen-bond acceptors (Lipinski definition) is 5. The number of para-hydroxylation sites is 1. The molecule has 2 amide bonds. The molecule has 2 aromatic rings. The van der Waals surface area contributed by atoms with E-state index in [1.165, 1.54) is 23.8 Å². The van der Waals surface area contributed by atoms with Crippen LogP contribution in [0.25, 0.3) is 0 Å². The first kappa shape index (κ1) is 18.5. The van der Waals surface area contributed by atoms with Crippen molar-refractivity contribution in [3.05, 3.63) is 40.9 Å². The molecular weight excluding hydrogens is 348 g/mol. The summed E-state index contributed by atoms with van der Waals surface area (Å²) in [5.41, 5.74) is 3.11. The molecule has 1 aliphatic heterocycles. The number of rotatable bonds is 6. The van der Waals surface area contributed by atoms with Gasteiger partial charge in [-0.2, -0.15) is 0 Å². The molecule has 138 valence electrons. The Kier molecular flexibility index (Phi) is 6.00. The second kappa shape index (κ2) is 8.42. The van der Waals surface area contributed by atoms with Crippen molar-refractivity contribution in [2.75, 3.05) is 29.4 Å². The maximum atomic E-state index is 12.6. The maximum absolute atomic E-state index is 12.6. The second-order valence-electron chi connectivity index (χ2n) is 6.27. The fraction of sp³-hybridized carbons (Fsp3) is 0.421. The third kappa shape index (κ3) is 4.11. The third-order valence-corrected chi connectivity index (χ3v) is 5.37. The van der Waals surface area contributed by atoms with E-state index in [1.807, 2.05) is 35.4 Å². The van der Waals surface area contributed by atoms with Gasteiger partial charge in [-0.25, -0.2) is 4.98 Å². The molecule has 0 bridgehead atoms. The van der Waals surface area contributed by atoms with Gasteiger partial charge in [-0.05, 0) is 31.4 Å². The van der Waals surface area contributed by atoms with Crippen LogP contribution in [0.1, 0.15) is 31.5 Å². The van der Waals surface area contributed by atoms with Crippen molar-refractivity contribution < 1.29 is 9.59 Å². The minimum Gasteiger partial charge on any atom is -0.311 e. The normalized spacial score (nSPS) is 13.4. The minimum absolute atomic E-state index is 0.0136. The van der Waals surface area contributed by atoms with Crippen LogP contribution in [0, 0.1) is 0 Å². The first-order chi connectivity index (χ1) is 12.6. The first-order valence-corrected chi connectivity index (χ1v) is 9.79. The lowest BCUT2D eigenvalue weighted by Gasteiger charge is -2.29. The number of benzene rings is 1. The Hall–Kier alpha value is -2.25. The number of aromatic nitrogens is 1. The van der Waals surface area contributed by atoms with Crippen molar-refractivity contribution in [2.45, 2.75) is 33.2 Å². The van der Waals surface area contributed by atoms with Crippen LogP contribution in [-0.4, -0.2) is 36.4 Å². The highest BCUT2D eigenvalue weighted by atomic mass is 32.1. The molecule has 0 saturated carbocycles. The zero-order valence-corrected chi connectivity index (χ0v) is 16.0. The van der Waals surface area contributed by atoms with Crippen LogP contribution >= 0.6 is 11.3 Å². The van der Waals surface area contributed by atoms with Crippen LogP contribution in [-0.2, 0) is 22.6 Å². The van der Waals surface area contributed by atoms with Crippen LogP contribution in [0.2, 0.25) is 0 Å². The Bertz CT molecular complexity index is 789. The molecule has 7 heteroatoms. The topological polar surface area (TPSA) is 65.5 Å². The van der Waals surface area contributed by atoms with E-state index >= 15 is 0 Å². The van der Waals surface area contributed by atoms with Gasteiger partial charge in [0.25, 0.3) is 0 Å². The lowest BCUT2D eigenvalue weighted by Crippen LogP contribution is -2.41. The van der Waals surface area contributed by atoms with Gasteiger partial charge >= 0.3 is 0 Å². The molecule has 2 heterocycles. The predicted octanol–water partition coefficient (Wildman–Crippen LogP) is 2.58. The summed E-state index contributed by atoms with van der Waals surface area (Å²) < 4.78 is 0. The second-order valence-corrected chi connectivity index (χ2v) is 7.10. The molecule has 1 aromatic heterocycles. The van der Waals surface area contributed by atoms with E-state index in [1.54, 1.807) is 4.90 Å². The lowest BCUT2D eigenvalue weighted by atomic mass is 10.0. The Morgan fingerprint density at radius 3 is 2.92 bits per heavy atom. The highest BCUT2D eigenvalue weighted by Crippen LogP contribution is 2.26. The first-order valence-electron chi connectivity index (χ1n) is 8.91. The van der Waals surface area contributed by atoms with Gasteiger partial charge in [0.2, 0.25) is 11.8 Å². The molecule has 0 saturated heterocycles. The monoisotopic (exact) mass is 372 g/mol. The molecular formula is C19H24N4O2S. The van der Waals surface area contributed by atoms with E-state index in [0.29, 0.717) is 18.2 Å². The van der Waals surface area contributed by atoms with Crippen molar-refractivity contribution in [3.8, 4) is 0 Å². The molecule has 1 aliphatic rings. The molecule has 0 spiro atoms. The zero-order valence-electron chi connectivity index (χ0n) is 15.2. The number of carbonyl (C=O) groups excluding carboxylic acids is 2. The Morgan fingerprint density at radius 1 is 1.35 bits per heavy atom. The third-order valence-electron chi connectivity index (χ3n) is 4.46. The van der Waals surface area contributed by atoms with Crippen LogP contribution in [0.15, 0.2) is 29.6 Å². The summed E-state index contributed by atoms with van der Waals surface area (Å²) in [4.78, 5) is 32.2. The fourth-order valence-electron chi connectivity index (χ4n) is 3.18. The number of thiazole rings is 1. The molecule has 0 fully saturated rings. The van der Waals surface area contributed by atoms with Gasteiger partial charge in [0.05, 0.1) is 12.2 Å². The Balaban J connectivity index is 1.55. The van der Waals surface area contributed by atoms with Crippen molar-refractivity contribution >= 4 is 34.0 Å². The van der Waals surface area contributed by atoms with E-state index in [-0.39, 0.29) is 18.4 Å². The summed E-state index contributed by atoms with van der Waals surface area (Å²) in [5.74, 6) is 0.0619. The number of anilines is 2. The van der Waals surface area contributed by atoms with Crippen LogP contribution in [0.4, 0.5) is 10.8 Å². The quantitative estimate of drug-likeness (QED) is 0.846. The van der Waals surface area contributed by atoms with Crippen LogP contribution in [0.3, 0.4) is 0 Å². The lowest BCUT2D eigenvalue weighted by molar-refractivity contribution is -0.118. The molecule has 0 aliphatic carbocycles.